The Morgan fingerprint density at radius 3 is 2.61 bits per heavy atom. The number of benzene rings is 2. The number of amides is 1. The maximum Gasteiger partial charge on any atom is 0.266 e. The van der Waals surface area contributed by atoms with Gasteiger partial charge in [-0.25, -0.2) is 4.98 Å². The van der Waals surface area contributed by atoms with Gasteiger partial charge in [-0.1, -0.05) is 37.7 Å². The van der Waals surface area contributed by atoms with Crippen LogP contribution in [-0.2, 0) is 4.79 Å². The molecular formula is C24H26N4O4S. The van der Waals surface area contributed by atoms with Gasteiger partial charge < -0.3 is 14.8 Å². The van der Waals surface area contributed by atoms with Crippen molar-refractivity contribution >= 4 is 28.6 Å². The average molecular weight is 467 g/mol. The topological polar surface area (TPSA) is 106 Å². The van der Waals surface area contributed by atoms with Crippen LogP contribution in [-0.4, -0.2) is 41.0 Å². The zero-order chi connectivity index (χ0) is 24.2. The molecule has 0 saturated heterocycles. The van der Waals surface area contributed by atoms with Crippen molar-refractivity contribution in [3.63, 3.8) is 0 Å². The summed E-state index contributed by atoms with van der Waals surface area (Å²) >= 11 is 1.11. The number of hydrogen-bond donors (Lipinski definition) is 1. The van der Waals surface area contributed by atoms with Crippen molar-refractivity contribution in [2.45, 2.75) is 31.5 Å². The van der Waals surface area contributed by atoms with E-state index in [0.717, 1.165) is 11.8 Å². The van der Waals surface area contributed by atoms with Crippen LogP contribution in [0.5, 0.6) is 11.5 Å². The van der Waals surface area contributed by atoms with E-state index in [-0.39, 0.29) is 23.1 Å². The van der Waals surface area contributed by atoms with E-state index in [2.05, 4.69) is 16.4 Å². The molecule has 2 aromatic carbocycles. The maximum atomic E-state index is 13.5. The summed E-state index contributed by atoms with van der Waals surface area (Å²) in [6, 6.07) is 14.3. The molecule has 9 heteroatoms. The monoisotopic (exact) mass is 466 g/mol. The Hall–Kier alpha value is -3.51. The molecule has 0 aliphatic carbocycles. The molecule has 0 radical (unpaired) electrons. The first-order chi connectivity index (χ1) is 15.7. The largest absolute Gasteiger partial charge is 0.497 e. The standard InChI is InChI=1S/C24H26N4O4S/c1-15(2)24(3,14-25)27-21(29)13-33-23-26-18-9-7-6-8-17(18)22(30)28(23)19-12-16(31-4)10-11-20(19)32-5/h6-12,15H,13H2,1-5H3,(H,27,29). The summed E-state index contributed by atoms with van der Waals surface area (Å²) in [4.78, 5) is 30.8. The summed E-state index contributed by atoms with van der Waals surface area (Å²) in [5.74, 6) is 0.569. The molecular weight excluding hydrogens is 440 g/mol. The van der Waals surface area contributed by atoms with Gasteiger partial charge >= 0.3 is 0 Å². The molecule has 1 atom stereocenters. The number of nitrogens with zero attached hydrogens (tertiary/aromatic N) is 3. The van der Waals surface area contributed by atoms with Crippen LogP contribution in [0.1, 0.15) is 20.8 Å². The Morgan fingerprint density at radius 2 is 1.97 bits per heavy atom. The van der Waals surface area contributed by atoms with Gasteiger partial charge in [0.15, 0.2) is 5.16 Å². The Morgan fingerprint density at radius 1 is 1.24 bits per heavy atom. The summed E-state index contributed by atoms with van der Waals surface area (Å²) in [5, 5.41) is 13.0. The second-order valence-electron chi connectivity index (χ2n) is 7.90. The summed E-state index contributed by atoms with van der Waals surface area (Å²) in [5.41, 5.74) is -0.317. The molecule has 8 nitrogen and oxygen atoms in total. The van der Waals surface area contributed by atoms with Crippen molar-refractivity contribution in [2.75, 3.05) is 20.0 Å². The van der Waals surface area contributed by atoms with Crippen LogP contribution >= 0.6 is 11.8 Å². The van der Waals surface area contributed by atoms with E-state index in [1.54, 1.807) is 49.4 Å². The lowest BCUT2D eigenvalue weighted by Gasteiger charge is -2.27. The minimum atomic E-state index is -0.996. The number of thioether (sulfide) groups is 1. The van der Waals surface area contributed by atoms with Crippen LogP contribution in [0.25, 0.3) is 16.6 Å². The highest BCUT2D eigenvalue weighted by atomic mass is 32.2. The van der Waals surface area contributed by atoms with E-state index in [4.69, 9.17) is 9.47 Å². The number of nitrogens with one attached hydrogen (secondary N) is 1. The van der Waals surface area contributed by atoms with Crippen LogP contribution in [0.2, 0.25) is 0 Å². The fourth-order valence-corrected chi connectivity index (χ4v) is 3.96. The van der Waals surface area contributed by atoms with Gasteiger partial charge in [0.25, 0.3) is 5.56 Å². The molecule has 0 fully saturated rings. The summed E-state index contributed by atoms with van der Waals surface area (Å²) < 4.78 is 12.2. The molecule has 0 bridgehead atoms. The lowest BCUT2D eigenvalue weighted by molar-refractivity contribution is -0.120. The number of carbonyl (C=O) groups excluding carboxylic acids is 1. The van der Waals surface area contributed by atoms with Crippen molar-refractivity contribution in [1.29, 1.82) is 5.26 Å². The predicted molar refractivity (Wildman–Crippen MR) is 128 cm³/mol. The van der Waals surface area contributed by atoms with Gasteiger partial charge in [0.2, 0.25) is 5.91 Å². The third-order valence-electron chi connectivity index (χ3n) is 5.49. The van der Waals surface area contributed by atoms with E-state index in [1.807, 2.05) is 13.8 Å². The van der Waals surface area contributed by atoms with Crippen LogP contribution in [0, 0.1) is 17.2 Å². The highest BCUT2D eigenvalue weighted by Gasteiger charge is 2.30. The third-order valence-corrected chi connectivity index (χ3v) is 6.43. The van der Waals surface area contributed by atoms with E-state index in [0.29, 0.717) is 33.2 Å². The average Bonchev–Trinajstić information content (AvgIpc) is 2.82. The lowest BCUT2D eigenvalue weighted by Crippen LogP contribution is -2.49. The third kappa shape index (κ3) is 4.96. The van der Waals surface area contributed by atoms with Crippen molar-refractivity contribution in [2.24, 2.45) is 5.92 Å². The highest BCUT2D eigenvalue weighted by Crippen LogP contribution is 2.30. The SMILES string of the molecule is COc1ccc(OC)c(-n2c(SCC(=O)NC(C)(C#N)C(C)C)nc3ccccc3c2=O)c1. The fourth-order valence-electron chi connectivity index (χ4n) is 3.15. The zero-order valence-corrected chi connectivity index (χ0v) is 20.0. The van der Waals surface area contributed by atoms with Gasteiger partial charge in [-0.3, -0.25) is 14.2 Å². The van der Waals surface area contributed by atoms with Gasteiger partial charge in [-0.05, 0) is 37.1 Å². The summed E-state index contributed by atoms with van der Waals surface area (Å²) in [7, 11) is 3.05. The van der Waals surface area contributed by atoms with E-state index in [1.165, 1.54) is 18.8 Å². The van der Waals surface area contributed by atoms with Gasteiger partial charge in [0, 0.05) is 6.07 Å². The zero-order valence-electron chi connectivity index (χ0n) is 19.2. The van der Waals surface area contributed by atoms with Gasteiger partial charge in [0.1, 0.15) is 17.0 Å². The molecule has 33 heavy (non-hydrogen) atoms. The summed E-state index contributed by atoms with van der Waals surface area (Å²) in [6.45, 7) is 5.42. The number of ether oxygens (including phenoxy) is 2. The molecule has 172 valence electrons. The lowest BCUT2D eigenvalue weighted by atomic mass is 9.90. The van der Waals surface area contributed by atoms with Crippen LogP contribution in [0.3, 0.4) is 0 Å². The molecule has 0 aliphatic heterocycles. The minimum Gasteiger partial charge on any atom is -0.497 e. The van der Waals surface area contributed by atoms with Crippen molar-refractivity contribution in [3.05, 3.63) is 52.8 Å². The molecule has 0 saturated carbocycles. The van der Waals surface area contributed by atoms with Crippen LogP contribution in [0.4, 0.5) is 0 Å². The van der Waals surface area contributed by atoms with E-state index < -0.39 is 5.54 Å². The second kappa shape index (κ2) is 9.96. The van der Waals surface area contributed by atoms with Gasteiger partial charge in [-0.15, -0.1) is 0 Å². The van der Waals surface area contributed by atoms with E-state index in [9.17, 15) is 14.9 Å². The number of fused-ring (bicyclic) bond motifs is 1. The molecule has 1 unspecified atom stereocenters. The molecule has 1 N–H and O–H groups in total. The Labute approximate surface area is 196 Å². The normalized spacial score (nSPS) is 12.8. The van der Waals surface area contributed by atoms with E-state index >= 15 is 0 Å². The summed E-state index contributed by atoms with van der Waals surface area (Å²) in [6.07, 6.45) is 0. The Balaban J connectivity index is 2.08. The van der Waals surface area contributed by atoms with Crippen molar-refractivity contribution < 1.29 is 14.3 Å². The number of methoxy groups -OCH3 is 2. The molecule has 0 spiro atoms. The number of hydrogen-bond acceptors (Lipinski definition) is 7. The Kier molecular flexibility index (Phi) is 7.29. The van der Waals surface area contributed by atoms with Crippen molar-refractivity contribution in [1.82, 2.24) is 14.9 Å². The number of rotatable bonds is 8. The minimum absolute atomic E-state index is 0.0267. The fraction of sp³-hybridized carbons (Fsp3) is 0.333. The first-order valence-corrected chi connectivity index (χ1v) is 11.3. The molecule has 3 rings (SSSR count). The van der Waals surface area contributed by atoms with Gasteiger partial charge in [0.05, 0.1) is 42.6 Å². The smallest absolute Gasteiger partial charge is 0.266 e. The number of para-hydroxylation sites is 1. The molecule has 0 aliphatic rings. The second-order valence-corrected chi connectivity index (χ2v) is 8.84. The maximum absolute atomic E-state index is 13.5. The number of carbonyl (C=O) groups is 1. The molecule has 1 amide bonds. The predicted octanol–water partition coefficient (Wildman–Crippen LogP) is 3.55. The number of aromatic nitrogens is 2. The first kappa shape index (κ1) is 24.1. The quantitative estimate of drug-likeness (QED) is 0.400. The Bertz CT molecular complexity index is 1280. The number of nitriles is 1. The van der Waals surface area contributed by atoms with Gasteiger partial charge in [-0.2, -0.15) is 5.26 Å². The van der Waals surface area contributed by atoms with Crippen molar-refractivity contribution in [3.8, 4) is 23.3 Å². The van der Waals surface area contributed by atoms with Crippen LogP contribution in [0.15, 0.2) is 52.4 Å². The van der Waals surface area contributed by atoms with Crippen LogP contribution < -0.4 is 20.3 Å². The molecule has 1 heterocycles. The molecule has 1 aromatic heterocycles. The molecule has 3 aromatic rings. The highest BCUT2D eigenvalue weighted by molar-refractivity contribution is 7.99. The first-order valence-electron chi connectivity index (χ1n) is 10.3.